The molecule has 0 radical (unpaired) electrons. The minimum Gasteiger partial charge on any atom is -0.352 e. The second-order valence-electron chi connectivity index (χ2n) is 8.94. The maximum atomic E-state index is 13.4. The van der Waals surface area contributed by atoms with Crippen LogP contribution in [0.15, 0.2) is 54.6 Å². The van der Waals surface area contributed by atoms with Gasteiger partial charge in [-0.2, -0.15) is 0 Å². The van der Waals surface area contributed by atoms with Crippen LogP contribution >= 0.6 is 0 Å². The second kappa shape index (κ2) is 12.4. The zero-order chi connectivity index (χ0) is 22.8. The first-order valence-corrected chi connectivity index (χ1v) is 12.3. The lowest BCUT2D eigenvalue weighted by atomic mass is 9.95. The molecule has 2 amide bonds. The number of benzene rings is 2. The average Bonchev–Trinajstić information content (AvgIpc) is 2.84. The summed E-state index contributed by atoms with van der Waals surface area (Å²) in [6.45, 7) is 4.61. The highest BCUT2D eigenvalue weighted by molar-refractivity contribution is 5.88. The van der Waals surface area contributed by atoms with Gasteiger partial charge in [0.15, 0.2) is 0 Å². The summed E-state index contributed by atoms with van der Waals surface area (Å²) < 4.78 is 0. The predicted octanol–water partition coefficient (Wildman–Crippen LogP) is 5.44. The van der Waals surface area contributed by atoms with Crippen molar-refractivity contribution in [2.75, 3.05) is 0 Å². The van der Waals surface area contributed by atoms with Crippen molar-refractivity contribution in [2.24, 2.45) is 0 Å². The van der Waals surface area contributed by atoms with E-state index in [1.165, 1.54) is 24.8 Å². The molecule has 0 spiro atoms. The summed E-state index contributed by atoms with van der Waals surface area (Å²) in [6.07, 6.45) is 8.41. The predicted molar refractivity (Wildman–Crippen MR) is 130 cm³/mol. The molecule has 1 aliphatic rings. The lowest BCUT2D eigenvalue weighted by molar-refractivity contribution is -0.141. The second-order valence-corrected chi connectivity index (χ2v) is 8.94. The number of carbonyl (C=O) groups excluding carboxylic acids is 2. The molecule has 4 nitrogen and oxygen atoms in total. The smallest absolute Gasteiger partial charge is 0.243 e. The van der Waals surface area contributed by atoms with Crippen LogP contribution in [0.4, 0.5) is 0 Å². The van der Waals surface area contributed by atoms with Crippen molar-refractivity contribution < 1.29 is 9.59 Å². The topological polar surface area (TPSA) is 49.4 Å². The van der Waals surface area contributed by atoms with E-state index in [0.29, 0.717) is 25.8 Å². The van der Waals surface area contributed by atoms with Crippen molar-refractivity contribution in [2.45, 2.75) is 90.3 Å². The van der Waals surface area contributed by atoms with Gasteiger partial charge in [0.2, 0.25) is 11.8 Å². The maximum absolute atomic E-state index is 13.4. The van der Waals surface area contributed by atoms with Gasteiger partial charge in [0.05, 0.1) is 0 Å². The zero-order valence-electron chi connectivity index (χ0n) is 19.7. The van der Waals surface area contributed by atoms with E-state index < -0.39 is 6.04 Å². The van der Waals surface area contributed by atoms with Gasteiger partial charge in [-0.25, -0.2) is 0 Å². The SMILES string of the molecule is CCc1ccc(CCC(=O)N(Cc2ccccc2)[C@H](CC)C(=O)NC2CCCCC2)cc1. The molecule has 1 atom stereocenters. The van der Waals surface area contributed by atoms with Crippen LogP contribution in [0.25, 0.3) is 0 Å². The van der Waals surface area contributed by atoms with Crippen molar-refractivity contribution in [1.82, 2.24) is 10.2 Å². The summed E-state index contributed by atoms with van der Waals surface area (Å²) in [5, 5.41) is 3.24. The Balaban J connectivity index is 1.71. The average molecular weight is 435 g/mol. The fraction of sp³-hybridized carbons (Fsp3) is 0.500. The summed E-state index contributed by atoms with van der Waals surface area (Å²) in [4.78, 5) is 28.4. The van der Waals surface area contributed by atoms with Gasteiger partial charge in [0.25, 0.3) is 0 Å². The van der Waals surface area contributed by atoms with Gasteiger partial charge in [-0.1, -0.05) is 87.7 Å². The quantitative estimate of drug-likeness (QED) is 0.541. The Bertz CT molecular complexity index is 841. The monoisotopic (exact) mass is 434 g/mol. The number of nitrogens with zero attached hydrogens (tertiary/aromatic N) is 1. The minimum absolute atomic E-state index is 0.00372. The highest BCUT2D eigenvalue weighted by Crippen LogP contribution is 2.20. The van der Waals surface area contributed by atoms with Gasteiger partial charge >= 0.3 is 0 Å². The summed E-state index contributed by atoms with van der Waals surface area (Å²) in [7, 11) is 0. The molecule has 1 aliphatic carbocycles. The number of rotatable bonds is 10. The number of hydrogen-bond donors (Lipinski definition) is 1. The molecule has 2 aromatic rings. The lowest BCUT2D eigenvalue weighted by Gasteiger charge is -2.33. The van der Waals surface area contributed by atoms with Gasteiger partial charge < -0.3 is 10.2 Å². The van der Waals surface area contributed by atoms with Gasteiger partial charge in [0, 0.05) is 19.0 Å². The fourth-order valence-electron chi connectivity index (χ4n) is 4.58. The molecule has 0 saturated heterocycles. The van der Waals surface area contributed by atoms with Crippen molar-refractivity contribution in [3.63, 3.8) is 0 Å². The molecule has 4 heteroatoms. The van der Waals surface area contributed by atoms with Crippen LogP contribution in [0.1, 0.15) is 75.5 Å². The van der Waals surface area contributed by atoms with Gasteiger partial charge in [-0.15, -0.1) is 0 Å². The number of carbonyl (C=O) groups is 2. The first kappa shape index (κ1) is 24.0. The largest absolute Gasteiger partial charge is 0.352 e. The molecular weight excluding hydrogens is 396 g/mol. The van der Waals surface area contributed by atoms with Crippen LogP contribution in [0, 0.1) is 0 Å². The van der Waals surface area contributed by atoms with E-state index in [0.717, 1.165) is 30.4 Å². The number of amides is 2. The summed E-state index contributed by atoms with van der Waals surface area (Å²) in [6, 6.07) is 18.3. The number of hydrogen-bond acceptors (Lipinski definition) is 2. The molecule has 32 heavy (non-hydrogen) atoms. The molecule has 1 N–H and O–H groups in total. The van der Waals surface area contributed by atoms with Crippen LogP contribution in [-0.4, -0.2) is 28.8 Å². The molecule has 3 rings (SSSR count). The van der Waals surface area contributed by atoms with E-state index >= 15 is 0 Å². The molecule has 1 saturated carbocycles. The molecule has 0 unspecified atom stereocenters. The van der Waals surface area contributed by atoms with Gasteiger partial charge in [-0.3, -0.25) is 9.59 Å². The Labute approximate surface area is 193 Å². The molecule has 0 aliphatic heterocycles. The Kier molecular flexibility index (Phi) is 9.33. The van der Waals surface area contributed by atoms with Crippen LogP contribution in [0.2, 0.25) is 0 Å². The fourth-order valence-corrected chi connectivity index (χ4v) is 4.58. The summed E-state index contributed by atoms with van der Waals surface area (Å²) in [5.41, 5.74) is 3.52. The Hall–Kier alpha value is -2.62. The van der Waals surface area contributed by atoms with Crippen LogP contribution < -0.4 is 5.32 Å². The normalized spacial score (nSPS) is 15.2. The van der Waals surface area contributed by atoms with E-state index in [1.807, 2.05) is 37.3 Å². The minimum atomic E-state index is -0.438. The number of nitrogens with one attached hydrogen (secondary N) is 1. The van der Waals surface area contributed by atoms with Crippen LogP contribution in [0.5, 0.6) is 0 Å². The summed E-state index contributed by atoms with van der Waals surface area (Å²) >= 11 is 0. The van der Waals surface area contributed by atoms with Crippen LogP contribution in [0.3, 0.4) is 0 Å². The third kappa shape index (κ3) is 6.94. The highest BCUT2D eigenvalue weighted by Gasteiger charge is 2.30. The van der Waals surface area contributed by atoms with Gasteiger partial charge in [-0.05, 0) is 48.8 Å². The van der Waals surface area contributed by atoms with Crippen LogP contribution in [-0.2, 0) is 29.0 Å². The van der Waals surface area contributed by atoms with Gasteiger partial charge in [0.1, 0.15) is 6.04 Å². The Morgan fingerprint density at radius 2 is 1.56 bits per heavy atom. The van der Waals surface area contributed by atoms with Crippen molar-refractivity contribution in [3.05, 3.63) is 71.3 Å². The number of aryl methyl sites for hydroxylation is 2. The van der Waals surface area contributed by atoms with Crippen molar-refractivity contribution in [3.8, 4) is 0 Å². The van der Waals surface area contributed by atoms with E-state index in [9.17, 15) is 9.59 Å². The van der Waals surface area contributed by atoms with E-state index in [2.05, 4.69) is 36.5 Å². The van der Waals surface area contributed by atoms with Crippen molar-refractivity contribution >= 4 is 11.8 Å². The molecule has 0 heterocycles. The molecule has 2 aromatic carbocycles. The van der Waals surface area contributed by atoms with E-state index in [4.69, 9.17) is 0 Å². The Morgan fingerprint density at radius 3 is 2.19 bits per heavy atom. The molecule has 0 bridgehead atoms. The van der Waals surface area contributed by atoms with E-state index in [1.54, 1.807) is 4.90 Å². The third-order valence-electron chi connectivity index (χ3n) is 6.59. The molecule has 172 valence electrons. The lowest BCUT2D eigenvalue weighted by Crippen LogP contribution is -2.51. The summed E-state index contributed by atoms with van der Waals surface area (Å²) in [5.74, 6) is 0.0371. The maximum Gasteiger partial charge on any atom is 0.243 e. The highest BCUT2D eigenvalue weighted by atomic mass is 16.2. The first-order chi connectivity index (χ1) is 15.6. The molecular formula is C28H38N2O2. The first-order valence-electron chi connectivity index (χ1n) is 12.3. The zero-order valence-corrected chi connectivity index (χ0v) is 19.7. The van der Waals surface area contributed by atoms with E-state index in [-0.39, 0.29) is 17.9 Å². The third-order valence-corrected chi connectivity index (χ3v) is 6.59. The molecule has 0 aromatic heterocycles. The Morgan fingerprint density at radius 1 is 0.906 bits per heavy atom. The molecule has 1 fully saturated rings. The standard InChI is InChI=1S/C28H38N2O2/c1-3-22-15-17-23(18-16-22)19-20-27(31)30(21-24-11-7-5-8-12-24)26(4-2)28(32)29-25-13-9-6-10-14-25/h5,7-8,11-12,15-18,25-26H,3-4,6,9-10,13-14,19-21H2,1-2H3,(H,29,32)/t26-/m1/s1. The van der Waals surface area contributed by atoms with Crippen molar-refractivity contribution in [1.29, 1.82) is 0 Å².